The standard InChI is InChI=1S/C19H24N2O5S/c1-26-19(25)14(11-13-7-3-2-4-8-13)20-18(24)15(27)12-17(23)21-10-6-5-9-16(21)22/h2-4,7-8,14-15,27H,5-6,9-12H2,1H3,(H,20,24)/t14-,15?/m0/s1. The van der Waals surface area contributed by atoms with E-state index >= 15 is 0 Å². The van der Waals surface area contributed by atoms with Gasteiger partial charge in [-0.2, -0.15) is 12.6 Å². The lowest BCUT2D eigenvalue weighted by Crippen LogP contribution is -2.48. The van der Waals surface area contributed by atoms with Crippen molar-refractivity contribution in [3.63, 3.8) is 0 Å². The average Bonchev–Trinajstić information content (AvgIpc) is 2.67. The molecule has 0 spiro atoms. The van der Waals surface area contributed by atoms with Crippen LogP contribution in [0.2, 0.25) is 0 Å². The van der Waals surface area contributed by atoms with Crippen LogP contribution in [-0.4, -0.2) is 53.5 Å². The molecule has 2 atom stereocenters. The van der Waals surface area contributed by atoms with Crippen LogP contribution in [0.5, 0.6) is 0 Å². The molecule has 0 aromatic heterocycles. The van der Waals surface area contributed by atoms with Crippen molar-refractivity contribution < 1.29 is 23.9 Å². The van der Waals surface area contributed by atoms with Gasteiger partial charge in [0.05, 0.1) is 12.4 Å². The molecule has 1 aliphatic heterocycles. The van der Waals surface area contributed by atoms with Gasteiger partial charge in [0.15, 0.2) is 0 Å². The Balaban J connectivity index is 1.95. The van der Waals surface area contributed by atoms with Crippen LogP contribution in [0.3, 0.4) is 0 Å². The lowest BCUT2D eigenvalue weighted by molar-refractivity contribution is -0.147. The molecule has 7 nitrogen and oxygen atoms in total. The van der Waals surface area contributed by atoms with E-state index in [9.17, 15) is 19.2 Å². The van der Waals surface area contributed by atoms with Gasteiger partial charge in [0, 0.05) is 25.8 Å². The Morgan fingerprint density at radius 2 is 1.93 bits per heavy atom. The summed E-state index contributed by atoms with van der Waals surface area (Å²) >= 11 is 4.19. The Morgan fingerprint density at radius 1 is 1.22 bits per heavy atom. The topological polar surface area (TPSA) is 92.8 Å². The molecule has 1 saturated heterocycles. The smallest absolute Gasteiger partial charge is 0.328 e. The maximum atomic E-state index is 12.4. The maximum absolute atomic E-state index is 12.4. The van der Waals surface area contributed by atoms with Crippen LogP contribution in [0.15, 0.2) is 30.3 Å². The van der Waals surface area contributed by atoms with Crippen molar-refractivity contribution in [1.29, 1.82) is 0 Å². The lowest BCUT2D eigenvalue weighted by atomic mass is 10.1. The van der Waals surface area contributed by atoms with Gasteiger partial charge in [-0.05, 0) is 18.4 Å². The third kappa shape index (κ3) is 6.09. The molecule has 146 valence electrons. The van der Waals surface area contributed by atoms with Gasteiger partial charge in [0.1, 0.15) is 6.04 Å². The number of amides is 3. The molecule has 0 saturated carbocycles. The average molecular weight is 392 g/mol. The Hall–Kier alpha value is -2.35. The number of likely N-dealkylation sites (tertiary alicyclic amines) is 1. The van der Waals surface area contributed by atoms with Gasteiger partial charge in [-0.25, -0.2) is 4.79 Å². The van der Waals surface area contributed by atoms with Crippen molar-refractivity contribution in [2.75, 3.05) is 13.7 Å². The van der Waals surface area contributed by atoms with Crippen LogP contribution in [0.1, 0.15) is 31.2 Å². The molecular weight excluding hydrogens is 368 g/mol. The van der Waals surface area contributed by atoms with Crippen LogP contribution in [0.25, 0.3) is 0 Å². The van der Waals surface area contributed by atoms with E-state index in [0.29, 0.717) is 13.0 Å². The van der Waals surface area contributed by atoms with Crippen LogP contribution < -0.4 is 5.32 Å². The molecule has 3 amide bonds. The Kier molecular flexibility index (Phi) is 7.84. The third-order valence-corrected chi connectivity index (χ3v) is 4.80. The van der Waals surface area contributed by atoms with Gasteiger partial charge in [0.25, 0.3) is 0 Å². The first-order valence-corrected chi connectivity index (χ1v) is 9.37. The number of thiol groups is 1. The molecule has 1 aromatic rings. The van der Waals surface area contributed by atoms with E-state index in [4.69, 9.17) is 4.74 Å². The maximum Gasteiger partial charge on any atom is 0.328 e. The van der Waals surface area contributed by atoms with E-state index in [1.165, 1.54) is 12.0 Å². The molecule has 0 bridgehead atoms. The molecule has 8 heteroatoms. The summed E-state index contributed by atoms with van der Waals surface area (Å²) in [4.78, 5) is 49.7. The predicted octanol–water partition coefficient (Wildman–Crippen LogP) is 1.11. The van der Waals surface area contributed by atoms with Gasteiger partial charge in [-0.15, -0.1) is 0 Å². The zero-order valence-electron chi connectivity index (χ0n) is 15.2. The Morgan fingerprint density at radius 3 is 2.56 bits per heavy atom. The molecule has 1 heterocycles. The highest BCUT2D eigenvalue weighted by atomic mass is 32.1. The van der Waals surface area contributed by atoms with Crippen LogP contribution >= 0.6 is 12.6 Å². The number of ether oxygens (including phenoxy) is 1. The monoisotopic (exact) mass is 392 g/mol. The normalized spacial score (nSPS) is 16.4. The van der Waals surface area contributed by atoms with E-state index < -0.39 is 29.1 Å². The minimum Gasteiger partial charge on any atom is -0.467 e. The number of hydrogen-bond acceptors (Lipinski definition) is 6. The number of carbonyl (C=O) groups excluding carboxylic acids is 4. The van der Waals surface area contributed by atoms with Crippen molar-refractivity contribution in [2.45, 2.75) is 43.4 Å². The summed E-state index contributed by atoms with van der Waals surface area (Å²) in [6.07, 6.45) is 1.94. The highest BCUT2D eigenvalue weighted by molar-refractivity contribution is 7.81. The van der Waals surface area contributed by atoms with Gasteiger partial charge < -0.3 is 10.1 Å². The number of methoxy groups -OCH3 is 1. The predicted molar refractivity (Wildman–Crippen MR) is 102 cm³/mol. The first-order chi connectivity index (χ1) is 12.9. The third-order valence-electron chi connectivity index (χ3n) is 4.38. The number of benzene rings is 1. The van der Waals surface area contributed by atoms with E-state index in [1.807, 2.05) is 30.3 Å². The van der Waals surface area contributed by atoms with Crippen molar-refractivity contribution in [2.24, 2.45) is 0 Å². The fraction of sp³-hybridized carbons (Fsp3) is 0.474. The molecule has 1 N–H and O–H groups in total. The summed E-state index contributed by atoms with van der Waals surface area (Å²) in [5.74, 6) is -1.77. The van der Waals surface area contributed by atoms with E-state index in [0.717, 1.165) is 18.4 Å². The second-order valence-corrected chi connectivity index (χ2v) is 7.01. The summed E-state index contributed by atoms with van der Waals surface area (Å²) in [6.45, 7) is 0.374. The zero-order valence-corrected chi connectivity index (χ0v) is 16.1. The summed E-state index contributed by atoms with van der Waals surface area (Å²) in [5.41, 5.74) is 0.860. The Labute approximate surface area is 163 Å². The highest BCUT2D eigenvalue weighted by Crippen LogP contribution is 2.14. The van der Waals surface area contributed by atoms with Crippen molar-refractivity contribution in [3.05, 3.63) is 35.9 Å². The molecule has 0 radical (unpaired) electrons. The number of carbonyl (C=O) groups is 4. The molecule has 1 aromatic carbocycles. The molecule has 27 heavy (non-hydrogen) atoms. The number of piperidine rings is 1. The zero-order chi connectivity index (χ0) is 19.8. The number of imide groups is 1. The first kappa shape index (κ1) is 21.0. The number of nitrogens with one attached hydrogen (secondary N) is 1. The molecule has 1 unspecified atom stereocenters. The number of nitrogens with zero attached hydrogens (tertiary/aromatic N) is 1. The number of rotatable bonds is 7. The van der Waals surface area contributed by atoms with Gasteiger partial charge in [-0.1, -0.05) is 30.3 Å². The largest absolute Gasteiger partial charge is 0.467 e. The van der Waals surface area contributed by atoms with Crippen LogP contribution in [0, 0.1) is 0 Å². The molecule has 1 fully saturated rings. The van der Waals surface area contributed by atoms with Crippen molar-refractivity contribution in [3.8, 4) is 0 Å². The molecule has 0 aliphatic carbocycles. The van der Waals surface area contributed by atoms with Crippen LogP contribution in [-0.2, 0) is 30.3 Å². The highest BCUT2D eigenvalue weighted by Gasteiger charge is 2.30. The first-order valence-electron chi connectivity index (χ1n) is 8.85. The summed E-state index contributed by atoms with van der Waals surface area (Å²) < 4.78 is 4.76. The summed E-state index contributed by atoms with van der Waals surface area (Å²) in [7, 11) is 1.25. The fourth-order valence-electron chi connectivity index (χ4n) is 2.89. The SMILES string of the molecule is COC(=O)[C@H](Cc1ccccc1)NC(=O)C(S)CC(=O)N1CCCCC1=O. The minimum atomic E-state index is -0.963. The Bertz CT molecular complexity index is 695. The quantitative estimate of drug-likeness (QED) is 0.536. The second-order valence-electron chi connectivity index (χ2n) is 6.39. The van der Waals surface area contributed by atoms with Crippen LogP contribution in [0.4, 0.5) is 0 Å². The summed E-state index contributed by atoms with van der Waals surface area (Å²) in [6, 6.07) is 8.32. The number of esters is 1. The van der Waals surface area contributed by atoms with E-state index in [-0.39, 0.29) is 18.7 Å². The second kappa shape index (κ2) is 10.1. The summed E-state index contributed by atoms with van der Waals surface area (Å²) in [5, 5.41) is 1.63. The van der Waals surface area contributed by atoms with E-state index in [1.54, 1.807) is 0 Å². The van der Waals surface area contributed by atoms with Gasteiger partial charge in [0.2, 0.25) is 17.7 Å². The van der Waals surface area contributed by atoms with E-state index in [2.05, 4.69) is 17.9 Å². The fourth-order valence-corrected chi connectivity index (χ4v) is 3.12. The number of hydrogen-bond donors (Lipinski definition) is 2. The lowest BCUT2D eigenvalue weighted by Gasteiger charge is -2.26. The minimum absolute atomic E-state index is 0.208. The van der Waals surface area contributed by atoms with Gasteiger partial charge in [-0.3, -0.25) is 19.3 Å². The van der Waals surface area contributed by atoms with Crippen molar-refractivity contribution >= 4 is 36.3 Å². The molecule has 1 aliphatic rings. The molecule has 2 rings (SSSR count). The molecular formula is C19H24N2O5S. The van der Waals surface area contributed by atoms with Gasteiger partial charge >= 0.3 is 5.97 Å². The van der Waals surface area contributed by atoms with Crippen molar-refractivity contribution in [1.82, 2.24) is 10.2 Å².